The molecule has 3 rings (SSSR count). The zero-order valence-corrected chi connectivity index (χ0v) is 18.4. The number of quaternary nitrogens is 1. The van der Waals surface area contributed by atoms with Gasteiger partial charge in [-0.2, -0.15) is 5.26 Å². The maximum absolute atomic E-state index is 12.7. The molecular weight excluding hydrogens is 396 g/mol. The highest BCUT2D eigenvalue weighted by Gasteiger charge is 2.28. The minimum absolute atomic E-state index is 0.135. The first-order valence-corrected chi connectivity index (χ1v) is 10.2. The molecule has 1 aliphatic heterocycles. The van der Waals surface area contributed by atoms with Crippen LogP contribution in [0.25, 0.3) is 0 Å². The van der Waals surface area contributed by atoms with Crippen molar-refractivity contribution in [2.45, 2.75) is 13.0 Å². The topological polar surface area (TPSA) is 88.3 Å². The standard InChI is InChI=1S/C23H28N4O4/c1-16-14-26(9-10-27(16)18-5-7-19(29-2)8-6-18)15-23(28)25-20-12-22(31-4)21(30-3)11-17(20)13-24/h5-8,11-12,16H,9-10,14-15H2,1-4H3,(H,25,28)/p+1/t16-/m1/s1. The Morgan fingerprint density at radius 2 is 1.84 bits per heavy atom. The van der Waals surface area contributed by atoms with E-state index in [0.29, 0.717) is 35.3 Å². The molecule has 1 unspecified atom stereocenters. The van der Waals surface area contributed by atoms with Gasteiger partial charge in [-0.25, -0.2) is 0 Å². The Kier molecular flexibility index (Phi) is 7.21. The third kappa shape index (κ3) is 5.19. The lowest BCUT2D eigenvalue weighted by molar-refractivity contribution is -0.894. The lowest BCUT2D eigenvalue weighted by atomic mass is 10.1. The van der Waals surface area contributed by atoms with Gasteiger partial charge in [-0.1, -0.05) is 0 Å². The Labute approximate surface area is 182 Å². The number of nitrogens with zero attached hydrogens (tertiary/aromatic N) is 2. The highest BCUT2D eigenvalue weighted by atomic mass is 16.5. The van der Waals surface area contributed by atoms with Crippen molar-refractivity contribution in [2.24, 2.45) is 0 Å². The average Bonchev–Trinajstić information content (AvgIpc) is 2.79. The third-order valence-electron chi connectivity index (χ3n) is 5.56. The van der Waals surface area contributed by atoms with E-state index >= 15 is 0 Å². The van der Waals surface area contributed by atoms with Crippen LogP contribution in [-0.4, -0.2) is 59.5 Å². The molecule has 0 aromatic heterocycles. The first-order chi connectivity index (χ1) is 15.0. The van der Waals surface area contributed by atoms with Gasteiger partial charge in [-0.3, -0.25) is 4.79 Å². The fourth-order valence-corrected chi connectivity index (χ4v) is 3.94. The summed E-state index contributed by atoms with van der Waals surface area (Å²) in [7, 11) is 4.68. The molecule has 1 heterocycles. The Bertz CT molecular complexity index is 955. The van der Waals surface area contributed by atoms with Crippen LogP contribution in [-0.2, 0) is 4.79 Å². The van der Waals surface area contributed by atoms with Crippen LogP contribution in [0.2, 0.25) is 0 Å². The molecule has 2 aromatic carbocycles. The number of benzene rings is 2. The van der Waals surface area contributed by atoms with Gasteiger partial charge in [0.1, 0.15) is 11.8 Å². The fourth-order valence-electron chi connectivity index (χ4n) is 3.94. The second-order valence-corrected chi connectivity index (χ2v) is 7.53. The number of amides is 1. The molecule has 1 saturated heterocycles. The number of hydrogen-bond donors (Lipinski definition) is 2. The number of piperazine rings is 1. The summed E-state index contributed by atoms with van der Waals surface area (Å²) in [6, 6.07) is 13.6. The van der Waals surface area contributed by atoms with Crippen molar-refractivity contribution in [3.8, 4) is 23.3 Å². The minimum Gasteiger partial charge on any atom is -0.497 e. The van der Waals surface area contributed by atoms with Crippen molar-refractivity contribution < 1.29 is 23.9 Å². The maximum Gasteiger partial charge on any atom is 0.279 e. The van der Waals surface area contributed by atoms with Gasteiger partial charge in [0.15, 0.2) is 18.0 Å². The SMILES string of the molecule is COc1ccc(N2CC[NH+](CC(=O)Nc3cc(OC)c(OC)cc3C#N)C[C@H]2C)cc1. The van der Waals surface area contributed by atoms with Gasteiger partial charge in [0.05, 0.1) is 58.3 Å². The van der Waals surface area contributed by atoms with E-state index in [4.69, 9.17) is 14.2 Å². The lowest BCUT2D eigenvalue weighted by Gasteiger charge is -2.38. The van der Waals surface area contributed by atoms with Gasteiger partial charge in [0, 0.05) is 17.8 Å². The quantitative estimate of drug-likeness (QED) is 0.696. The number of anilines is 2. The van der Waals surface area contributed by atoms with Crippen LogP contribution in [0.15, 0.2) is 36.4 Å². The molecule has 0 bridgehead atoms. The van der Waals surface area contributed by atoms with Crippen LogP contribution in [0.5, 0.6) is 17.2 Å². The van der Waals surface area contributed by atoms with E-state index < -0.39 is 0 Å². The molecule has 2 N–H and O–H groups in total. The predicted molar refractivity (Wildman–Crippen MR) is 118 cm³/mol. The van der Waals surface area contributed by atoms with E-state index in [9.17, 15) is 10.1 Å². The first-order valence-electron chi connectivity index (χ1n) is 10.2. The summed E-state index contributed by atoms with van der Waals surface area (Å²) in [5.74, 6) is 1.62. The Morgan fingerprint density at radius 1 is 1.16 bits per heavy atom. The molecule has 1 amide bonds. The maximum atomic E-state index is 12.7. The number of carbonyl (C=O) groups is 1. The normalized spacial score (nSPS) is 18.1. The van der Waals surface area contributed by atoms with Crippen molar-refractivity contribution in [2.75, 3.05) is 57.7 Å². The van der Waals surface area contributed by atoms with E-state index in [1.807, 2.05) is 12.1 Å². The number of rotatable bonds is 7. The zero-order chi connectivity index (χ0) is 22.4. The highest BCUT2D eigenvalue weighted by molar-refractivity contribution is 5.93. The summed E-state index contributed by atoms with van der Waals surface area (Å²) in [5.41, 5.74) is 1.91. The van der Waals surface area contributed by atoms with Gasteiger partial charge in [-0.05, 0) is 31.2 Å². The molecule has 1 aliphatic rings. The Hall–Kier alpha value is -3.44. The molecule has 0 radical (unpaired) electrons. The summed E-state index contributed by atoms with van der Waals surface area (Å²) in [5, 5.41) is 12.3. The minimum atomic E-state index is -0.135. The molecule has 0 saturated carbocycles. The monoisotopic (exact) mass is 425 g/mol. The van der Waals surface area contributed by atoms with Crippen LogP contribution in [0.1, 0.15) is 12.5 Å². The van der Waals surface area contributed by atoms with Crippen LogP contribution >= 0.6 is 0 Å². The fraction of sp³-hybridized carbons (Fsp3) is 0.391. The Morgan fingerprint density at radius 3 is 2.42 bits per heavy atom. The van der Waals surface area contributed by atoms with E-state index in [1.165, 1.54) is 19.1 Å². The lowest BCUT2D eigenvalue weighted by Crippen LogP contribution is -3.16. The van der Waals surface area contributed by atoms with Crippen LogP contribution in [0.4, 0.5) is 11.4 Å². The van der Waals surface area contributed by atoms with Crippen molar-refractivity contribution in [1.29, 1.82) is 5.26 Å². The second kappa shape index (κ2) is 10.0. The summed E-state index contributed by atoms with van der Waals surface area (Å²) in [4.78, 5) is 16.2. The Balaban J connectivity index is 1.61. The van der Waals surface area contributed by atoms with Crippen molar-refractivity contribution >= 4 is 17.3 Å². The van der Waals surface area contributed by atoms with Gasteiger partial charge in [0.2, 0.25) is 0 Å². The van der Waals surface area contributed by atoms with Crippen molar-refractivity contribution in [1.82, 2.24) is 0 Å². The van der Waals surface area contributed by atoms with Crippen LogP contribution in [0, 0.1) is 11.3 Å². The molecule has 0 aliphatic carbocycles. The van der Waals surface area contributed by atoms with E-state index in [0.717, 1.165) is 31.1 Å². The van der Waals surface area contributed by atoms with E-state index in [1.54, 1.807) is 19.2 Å². The first kappa shape index (κ1) is 22.2. The van der Waals surface area contributed by atoms with Crippen LogP contribution < -0.4 is 29.3 Å². The van der Waals surface area contributed by atoms with Gasteiger partial charge in [-0.15, -0.1) is 0 Å². The van der Waals surface area contributed by atoms with Gasteiger partial charge < -0.3 is 29.3 Å². The number of methoxy groups -OCH3 is 3. The summed E-state index contributed by atoms with van der Waals surface area (Å²) >= 11 is 0. The molecule has 2 aromatic rings. The molecule has 0 spiro atoms. The third-order valence-corrected chi connectivity index (χ3v) is 5.56. The molecule has 164 valence electrons. The predicted octanol–water partition coefficient (Wildman–Crippen LogP) is 1.32. The van der Waals surface area contributed by atoms with Gasteiger partial charge in [0.25, 0.3) is 5.91 Å². The number of carbonyl (C=O) groups excluding carboxylic acids is 1. The number of ether oxygens (including phenoxy) is 3. The summed E-state index contributed by atoms with van der Waals surface area (Å²) in [6.45, 7) is 5.05. The van der Waals surface area contributed by atoms with E-state index in [2.05, 4.69) is 35.3 Å². The van der Waals surface area contributed by atoms with Gasteiger partial charge >= 0.3 is 0 Å². The van der Waals surface area contributed by atoms with E-state index in [-0.39, 0.29) is 5.91 Å². The molecule has 31 heavy (non-hydrogen) atoms. The summed E-state index contributed by atoms with van der Waals surface area (Å²) in [6.07, 6.45) is 0. The second-order valence-electron chi connectivity index (χ2n) is 7.53. The average molecular weight is 426 g/mol. The number of nitriles is 1. The number of nitrogens with one attached hydrogen (secondary N) is 2. The molecular formula is C23H29N4O4+. The molecule has 8 nitrogen and oxygen atoms in total. The zero-order valence-electron chi connectivity index (χ0n) is 18.4. The molecule has 2 atom stereocenters. The number of hydrogen-bond acceptors (Lipinski definition) is 6. The smallest absolute Gasteiger partial charge is 0.279 e. The van der Waals surface area contributed by atoms with Crippen molar-refractivity contribution in [3.63, 3.8) is 0 Å². The highest BCUT2D eigenvalue weighted by Crippen LogP contribution is 2.33. The molecule has 8 heteroatoms. The summed E-state index contributed by atoms with van der Waals surface area (Å²) < 4.78 is 15.7. The van der Waals surface area contributed by atoms with Crippen molar-refractivity contribution in [3.05, 3.63) is 42.0 Å². The molecule has 1 fully saturated rings. The van der Waals surface area contributed by atoms with Crippen LogP contribution in [0.3, 0.4) is 0 Å². The largest absolute Gasteiger partial charge is 0.497 e.